The van der Waals surface area contributed by atoms with Crippen molar-refractivity contribution >= 4 is 34.3 Å². The minimum absolute atomic E-state index is 0.0329. The zero-order chi connectivity index (χ0) is 18.2. The van der Waals surface area contributed by atoms with E-state index < -0.39 is 17.5 Å². The Morgan fingerprint density at radius 2 is 2.04 bits per heavy atom. The first-order valence-corrected chi connectivity index (χ1v) is 8.36. The first-order valence-electron chi connectivity index (χ1n) is 7.00. The third kappa shape index (κ3) is 3.96. The molecule has 0 radical (unpaired) electrons. The fraction of sp³-hybridized carbons (Fsp3) is 0.188. The van der Waals surface area contributed by atoms with Crippen LogP contribution in [0.4, 0.5) is 13.2 Å². The summed E-state index contributed by atoms with van der Waals surface area (Å²) in [6.45, 7) is 1.78. The Morgan fingerprint density at radius 3 is 2.76 bits per heavy atom. The zero-order valence-corrected chi connectivity index (χ0v) is 14.3. The summed E-state index contributed by atoms with van der Waals surface area (Å²) in [5.41, 5.74) is 0.147. The molecule has 25 heavy (non-hydrogen) atoms. The highest BCUT2D eigenvalue weighted by molar-refractivity contribution is 7.98. The number of nitrogens with zero attached hydrogens (tertiary/aromatic N) is 2. The molecule has 0 bridgehead atoms. The molecule has 3 rings (SSSR count). The van der Waals surface area contributed by atoms with Crippen molar-refractivity contribution < 1.29 is 17.6 Å². The van der Waals surface area contributed by atoms with Crippen molar-refractivity contribution in [1.29, 1.82) is 0 Å². The number of benzene rings is 1. The quantitative estimate of drug-likeness (QED) is 0.365. The van der Waals surface area contributed by atoms with Gasteiger partial charge in [0.1, 0.15) is 11.3 Å². The van der Waals surface area contributed by atoms with Crippen molar-refractivity contribution in [1.82, 2.24) is 9.97 Å². The summed E-state index contributed by atoms with van der Waals surface area (Å²) in [6.07, 6.45) is -3.49. The van der Waals surface area contributed by atoms with Gasteiger partial charge in [-0.3, -0.25) is 0 Å². The molecular weight excluding hydrogens is 377 g/mol. The van der Waals surface area contributed by atoms with Gasteiger partial charge in [0.15, 0.2) is 5.16 Å². The Balaban J connectivity index is 1.94. The molecule has 3 aromatic rings. The minimum atomic E-state index is -4.54. The second-order valence-corrected chi connectivity index (χ2v) is 6.55. The minimum Gasteiger partial charge on any atom is -0.423 e. The van der Waals surface area contributed by atoms with Gasteiger partial charge in [0.2, 0.25) is 0 Å². The Kier molecular flexibility index (Phi) is 4.75. The average Bonchev–Trinajstić information content (AvgIpc) is 2.54. The highest BCUT2D eigenvalue weighted by Gasteiger charge is 2.32. The lowest BCUT2D eigenvalue weighted by atomic mass is 10.1. The van der Waals surface area contributed by atoms with Crippen molar-refractivity contribution in [2.24, 2.45) is 0 Å². The van der Waals surface area contributed by atoms with E-state index in [-0.39, 0.29) is 10.9 Å². The van der Waals surface area contributed by atoms with Gasteiger partial charge in [0.25, 0.3) is 0 Å². The van der Waals surface area contributed by atoms with E-state index in [0.717, 1.165) is 29.6 Å². The van der Waals surface area contributed by atoms with Crippen LogP contribution < -0.4 is 5.63 Å². The maximum Gasteiger partial charge on any atom is 0.433 e. The number of aromatic nitrogens is 2. The number of thioether (sulfide) groups is 1. The van der Waals surface area contributed by atoms with E-state index in [1.165, 1.54) is 6.07 Å². The molecule has 0 amide bonds. The van der Waals surface area contributed by atoms with Crippen LogP contribution in [0.5, 0.6) is 0 Å². The first-order chi connectivity index (χ1) is 11.7. The topological polar surface area (TPSA) is 56.0 Å². The van der Waals surface area contributed by atoms with E-state index in [9.17, 15) is 18.0 Å². The van der Waals surface area contributed by atoms with Crippen molar-refractivity contribution in [2.75, 3.05) is 0 Å². The van der Waals surface area contributed by atoms with Gasteiger partial charge in [-0.15, -0.1) is 0 Å². The van der Waals surface area contributed by atoms with Crippen LogP contribution in [0.2, 0.25) is 5.02 Å². The van der Waals surface area contributed by atoms with Crippen LogP contribution in [0.25, 0.3) is 11.0 Å². The van der Waals surface area contributed by atoms with E-state index in [1.54, 1.807) is 19.1 Å². The van der Waals surface area contributed by atoms with Gasteiger partial charge in [-0.1, -0.05) is 23.4 Å². The molecule has 0 saturated heterocycles. The van der Waals surface area contributed by atoms with Gasteiger partial charge in [-0.25, -0.2) is 14.8 Å². The second kappa shape index (κ2) is 6.68. The van der Waals surface area contributed by atoms with Crippen LogP contribution >= 0.6 is 23.4 Å². The molecule has 0 unspecified atom stereocenters. The second-order valence-electron chi connectivity index (χ2n) is 5.20. The summed E-state index contributed by atoms with van der Waals surface area (Å²) in [7, 11) is 0. The molecule has 0 aliphatic carbocycles. The Bertz CT molecular complexity index is 1000. The molecule has 0 aliphatic heterocycles. The summed E-state index contributed by atoms with van der Waals surface area (Å²) in [6, 6.07) is 5.40. The van der Waals surface area contributed by atoms with E-state index in [1.807, 2.05) is 0 Å². The molecule has 130 valence electrons. The molecule has 9 heteroatoms. The molecule has 0 spiro atoms. The molecule has 0 atom stereocenters. The summed E-state index contributed by atoms with van der Waals surface area (Å²) < 4.78 is 43.3. The van der Waals surface area contributed by atoms with Crippen LogP contribution in [0, 0.1) is 6.92 Å². The average molecular weight is 387 g/mol. The van der Waals surface area contributed by atoms with Crippen LogP contribution in [0.1, 0.15) is 16.8 Å². The number of hydrogen-bond acceptors (Lipinski definition) is 5. The summed E-state index contributed by atoms with van der Waals surface area (Å²) in [4.78, 5) is 19.0. The lowest BCUT2D eigenvalue weighted by Gasteiger charge is -2.08. The summed E-state index contributed by atoms with van der Waals surface area (Å²) in [5, 5.41) is 1.09. The predicted octanol–water partition coefficient (Wildman–Crippen LogP) is 4.86. The maximum atomic E-state index is 12.7. The number of alkyl halides is 3. The SMILES string of the molecule is Cc1cc2oc(=O)cc(CSc3nccc(C(F)(F)F)n3)c2cc1Cl. The van der Waals surface area contributed by atoms with Gasteiger partial charge in [0.05, 0.1) is 0 Å². The number of halogens is 4. The van der Waals surface area contributed by atoms with Gasteiger partial charge >= 0.3 is 11.8 Å². The zero-order valence-electron chi connectivity index (χ0n) is 12.7. The Labute approximate surface area is 149 Å². The van der Waals surface area contributed by atoms with Crippen molar-refractivity contribution in [3.63, 3.8) is 0 Å². The molecule has 0 aliphatic rings. The fourth-order valence-electron chi connectivity index (χ4n) is 2.18. The first kappa shape index (κ1) is 17.8. The predicted molar refractivity (Wildman–Crippen MR) is 88.8 cm³/mol. The largest absolute Gasteiger partial charge is 0.433 e. The van der Waals surface area contributed by atoms with Gasteiger partial charge in [0, 0.05) is 28.4 Å². The van der Waals surface area contributed by atoms with Crippen LogP contribution in [-0.4, -0.2) is 9.97 Å². The van der Waals surface area contributed by atoms with Crippen molar-refractivity contribution in [3.8, 4) is 0 Å². The number of rotatable bonds is 3. The van der Waals surface area contributed by atoms with E-state index in [0.29, 0.717) is 21.6 Å². The molecule has 0 N–H and O–H groups in total. The fourth-order valence-corrected chi connectivity index (χ4v) is 3.16. The third-order valence-electron chi connectivity index (χ3n) is 3.39. The molecule has 2 aromatic heterocycles. The molecule has 0 saturated carbocycles. The third-order valence-corrected chi connectivity index (χ3v) is 4.71. The van der Waals surface area contributed by atoms with E-state index in [4.69, 9.17) is 16.0 Å². The Hall–Kier alpha value is -2.06. The van der Waals surface area contributed by atoms with Crippen LogP contribution in [-0.2, 0) is 11.9 Å². The summed E-state index contributed by atoms with van der Waals surface area (Å²) in [5.74, 6) is 0.197. The van der Waals surface area contributed by atoms with Crippen LogP contribution in [0.15, 0.2) is 44.8 Å². The lowest BCUT2D eigenvalue weighted by molar-refractivity contribution is -0.141. The standard InChI is InChI=1S/C16H10ClF3N2O2S/c1-8-4-12-10(6-11(8)17)9(5-14(23)24-12)7-25-15-21-3-2-13(22-15)16(18,19)20/h2-6H,7H2,1H3. The molecule has 4 nitrogen and oxygen atoms in total. The molecule has 1 aromatic carbocycles. The normalized spacial score (nSPS) is 11.9. The number of fused-ring (bicyclic) bond motifs is 1. The van der Waals surface area contributed by atoms with Crippen LogP contribution in [0.3, 0.4) is 0 Å². The molecule has 2 heterocycles. The van der Waals surface area contributed by atoms with Crippen molar-refractivity contribution in [3.05, 3.63) is 62.7 Å². The monoisotopic (exact) mass is 386 g/mol. The van der Waals surface area contributed by atoms with E-state index in [2.05, 4.69) is 9.97 Å². The van der Waals surface area contributed by atoms with Gasteiger partial charge < -0.3 is 4.42 Å². The van der Waals surface area contributed by atoms with Gasteiger partial charge in [-0.2, -0.15) is 13.2 Å². The lowest BCUT2D eigenvalue weighted by Crippen LogP contribution is -2.08. The van der Waals surface area contributed by atoms with Crippen molar-refractivity contribution in [2.45, 2.75) is 24.0 Å². The highest BCUT2D eigenvalue weighted by Crippen LogP contribution is 2.31. The maximum absolute atomic E-state index is 12.7. The smallest absolute Gasteiger partial charge is 0.423 e. The number of hydrogen-bond donors (Lipinski definition) is 0. The molecule has 0 fully saturated rings. The Morgan fingerprint density at radius 1 is 1.28 bits per heavy atom. The highest BCUT2D eigenvalue weighted by atomic mass is 35.5. The number of aryl methyl sites for hydroxylation is 1. The summed E-state index contributed by atoms with van der Waals surface area (Å²) >= 11 is 7.10. The molecular formula is C16H10ClF3N2O2S. The van der Waals surface area contributed by atoms with Gasteiger partial charge in [-0.05, 0) is 36.2 Å². The van der Waals surface area contributed by atoms with E-state index >= 15 is 0 Å².